The van der Waals surface area contributed by atoms with Gasteiger partial charge in [-0.3, -0.25) is 0 Å². The van der Waals surface area contributed by atoms with Gasteiger partial charge < -0.3 is 10.1 Å². The Bertz CT molecular complexity index is 686. The lowest BCUT2D eigenvalue weighted by atomic mass is 10.2. The van der Waals surface area contributed by atoms with Crippen molar-refractivity contribution < 1.29 is 17.9 Å². The molecule has 1 N–H and O–H groups in total. The van der Waals surface area contributed by atoms with E-state index >= 15 is 0 Å². The molecule has 0 saturated heterocycles. The van der Waals surface area contributed by atoms with Crippen LogP contribution in [0.15, 0.2) is 36.4 Å². The highest BCUT2D eigenvalue weighted by Gasteiger charge is 2.13. The third kappa shape index (κ3) is 5.44. The fourth-order valence-corrected chi connectivity index (χ4v) is 1.98. The quantitative estimate of drug-likeness (QED) is 0.711. The van der Waals surface area contributed by atoms with Gasteiger partial charge in [-0.25, -0.2) is 13.2 Å². The van der Waals surface area contributed by atoms with Gasteiger partial charge in [-0.1, -0.05) is 6.07 Å². The van der Waals surface area contributed by atoms with Crippen LogP contribution in [0.25, 0.3) is 0 Å². The first-order chi connectivity index (χ1) is 10.7. The van der Waals surface area contributed by atoms with Crippen LogP contribution in [0, 0.1) is 17.5 Å². The van der Waals surface area contributed by atoms with E-state index in [0.717, 1.165) is 12.1 Å². The molecule has 124 valence electrons. The van der Waals surface area contributed by atoms with Crippen molar-refractivity contribution in [2.75, 3.05) is 11.9 Å². The Kier molecular flexibility index (Phi) is 5.55. The molecular formula is C17H17ClF3NO. The van der Waals surface area contributed by atoms with Gasteiger partial charge in [0.2, 0.25) is 0 Å². The maximum atomic E-state index is 13.9. The molecule has 0 aliphatic carbocycles. The first-order valence-electron chi connectivity index (χ1n) is 7.02. The number of nitrogens with one attached hydrogen (secondary N) is 1. The first-order valence-corrected chi connectivity index (χ1v) is 7.39. The van der Waals surface area contributed by atoms with Crippen LogP contribution < -0.4 is 5.32 Å². The molecule has 0 heterocycles. The Labute approximate surface area is 138 Å². The number of hydrogen-bond donors (Lipinski definition) is 1. The van der Waals surface area contributed by atoms with Crippen LogP contribution in [0.4, 0.5) is 24.5 Å². The SMILES string of the molecule is CC(C)(Cl)COCc1ccc(F)c(Nc2ccc(F)cc2F)c1. The molecule has 2 rings (SSSR count). The number of benzene rings is 2. The summed E-state index contributed by atoms with van der Waals surface area (Å²) < 4.78 is 45.9. The number of rotatable bonds is 6. The van der Waals surface area contributed by atoms with E-state index in [1.165, 1.54) is 18.2 Å². The van der Waals surface area contributed by atoms with E-state index in [0.29, 0.717) is 12.2 Å². The largest absolute Gasteiger partial charge is 0.375 e. The highest BCUT2D eigenvalue weighted by molar-refractivity contribution is 6.23. The zero-order valence-corrected chi connectivity index (χ0v) is 13.6. The maximum Gasteiger partial charge on any atom is 0.149 e. The molecule has 23 heavy (non-hydrogen) atoms. The van der Waals surface area contributed by atoms with Gasteiger partial charge in [0, 0.05) is 6.07 Å². The third-order valence-corrected chi connectivity index (χ3v) is 3.05. The zero-order valence-electron chi connectivity index (χ0n) is 12.8. The Balaban J connectivity index is 2.11. The van der Waals surface area contributed by atoms with E-state index in [1.54, 1.807) is 6.07 Å². The van der Waals surface area contributed by atoms with Crippen LogP contribution in [-0.4, -0.2) is 11.5 Å². The van der Waals surface area contributed by atoms with Crippen LogP contribution in [0.3, 0.4) is 0 Å². The van der Waals surface area contributed by atoms with Crippen LogP contribution in [0.2, 0.25) is 0 Å². The summed E-state index contributed by atoms with van der Waals surface area (Å²) in [4.78, 5) is -0.488. The normalized spacial score (nSPS) is 11.6. The summed E-state index contributed by atoms with van der Waals surface area (Å²) in [6.07, 6.45) is 0. The fraction of sp³-hybridized carbons (Fsp3) is 0.294. The van der Waals surface area contributed by atoms with Crippen LogP contribution in [0.5, 0.6) is 0 Å². The lowest BCUT2D eigenvalue weighted by Gasteiger charge is -2.16. The second-order valence-corrected chi connectivity index (χ2v) is 6.80. The maximum absolute atomic E-state index is 13.9. The van der Waals surface area contributed by atoms with Gasteiger partial charge in [-0.2, -0.15) is 0 Å². The molecule has 0 aliphatic heterocycles. The first kappa shape index (κ1) is 17.6. The van der Waals surface area contributed by atoms with Crippen molar-refractivity contribution in [1.29, 1.82) is 0 Å². The Morgan fingerprint density at radius 1 is 1.00 bits per heavy atom. The number of alkyl halides is 1. The predicted octanol–water partition coefficient (Wildman–Crippen LogP) is 5.38. The smallest absolute Gasteiger partial charge is 0.149 e. The van der Waals surface area contributed by atoms with Crippen molar-refractivity contribution in [3.63, 3.8) is 0 Å². The van der Waals surface area contributed by atoms with E-state index in [9.17, 15) is 13.2 Å². The number of ether oxygens (including phenoxy) is 1. The average molecular weight is 344 g/mol. The van der Waals surface area contributed by atoms with Crippen molar-refractivity contribution in [3.8, 4) is 0 Å². The van der Waals surface area contributed by atoms with Gasteiger partial charge in [0.25, 0.3) is 0 Å². The summed E-state index contributed by atoms with van der Waals surface area (Å²) in [5.74, 6) is -2.04. The Hall–Kier alpha value is -1.72. The highest BCUT2D eigenvalue weighted by atomic mass is 35.5. The molecule has 2 aromatic carbocycles. The third-order valence-electron chi connectivity index (χ3n) is 2.95. The molecule has 0 spiro atoms. The summed E-state index contributed by atoms with van der Waals surface area (Å²) in [6.45, 7) is 4.23. The molecule has 2 nitrogen and oxygen atoms in total. The molecule has 0 aliphatic rings. The van der Waals surface area contributed by atoms with Gasteiger partial charge in [0.1, 0.15) is 17.5 Å². The minimum Gasteiger partial charge on any atom is -0.375 e. The van der Waals surface area contributed by atoms with Crippen molar-refractivity contribution in [1.82, 2.24) is 0 Å². The molecule has 0 saturated carbocycles. The number of halogens is 4. The standard InChI is InChI=1S/C17H17ClF3NO/c1-17(2,18)10-23-9-11-3-5-13(20)16(7-11)22-15-6-4-12(19)8-14(15)21/h3-8,22H,9-10H2,1-2H3. The molecule has 6 heteroatoms. The van der Waals surface area contributed by atoms with Gasteiger partial charge in [-0.05, 0) is 43.7 Å². The second kappa shape index (κ2) is 7.23. The molecule has 2 aromatic rings. The molecule has 0 unspecified atom stereocenters. The summed E-state index contributed by atoms with van der Waals surface area (Å²) >= 11 is 6.02. The monoisotopic (exact) mass is 343 g/mol. The average Bonchev–Trinajstić information content (AvgIpc) is 2.44. The van der Waals surface area contributed by atoms with Crippen LogP contribution >= 0.6 is 11.6 Å². The van der Waals surface area contributed by atoms with Crippen LogP contribution in [0.1, 0.15) is 19.4 Å². The van der Waals surface area contributed by atoms with Gasteiger partial charge in [0.15, 0.2) is 0 Å². The van der Waals surface area contributed by atoms with E-state index in [1.807, 2.05) is 13.8 Å². The van der Waals surface area contributed by atoms with Crippen molar-refractivity contribution in [2.24, 2.45) is 0 Å². The zero-order chi connectivity index (χ0) is 17.0. The Morgan fingerprint density at radius 3 is 2.39 bits per heavy atom. The molecular weight excluding hydrogens is 327 g/mol. The van der Waals surface area contributed by atoms with E-state index < -0.39 is 22.3 Å². The molecule has 0 aromatic heterocycles. The summed E-state index contributed by atoms with van der Waals surface area (Å²) in [5.41, 5.74) is 0.782. The predicted molar refractivity (Wildman–Crippen MR) is 85.6 cm³/mol. The summed E-state index contributed by atoms with van der Waals surface area (Å²) in [6, 6.07) is 7.38. The Morgan fingerprint density at radius 2 is 1.74 bits per heavy atom. The minimum absolute atomic E-state index is 0.00902. The number of anilines is 2. The van der Waals surface area contributed by atoms with E-state index in [2.05, 4.69) is 5.32 Å². The summed E-state index contributed by atoms with van der Waals surface area (Å²) in [7, 11) is 0. The molecule has 0 amide bonds. The lowest BCUT2D eigenvalue weighted by Crippen LogP contribution is -2.18. The van der Waals surface area contributed by atoms with Crippen molar-refractivity contribution in [2.45, 2.75) is 25.3 Å². The van der Waals surface area contributed by atoms with Gasteiger partial charge in [0.05, 0.1) is 29.5 Å². The highest BCUT2D eigenvalue weighted by Crippen LogP contribution is 2.24. The minimum atomic E-state index is -0.796. The lowest BCUT2D eigenvalue weighted by molar-refractivity contribution is 0.105. The van der Waals surface area contributed by atoms with Crippen LogP contribution in [-0.2, 0) is 11.3 Å². The van der Waals surface area contributed by atoms with E-state index in [4.69, 9.17) is 16.3 Å². The van der Waals surface area contributed by atoms with Crippen molar-refractivity contribution in [3.05, 3.63) is 59.4 Å². The second-order valence-electron chi connectivity index (χ2n) is 5.77. The molecule has 0 fully saturated rings. The molecule has 0 radical (unpaired) electrons. The summed E-state index contributed by atoms with van der Waals surface area (Å²) in [5, 5.41) is 2.62. The van der Waals surface area contributed by atoms with Gasteiger partial charge in [-0.15, -0.1) is 11.6 Å². The van der Waals surface area contributed by atoms with Crippen molar-refractivity contribution >= 4 is 23.0 Å². The molecule has 0 bridgehead atoms. The fourth-order valence-electron chi connectivity index (χ4n) is 1.91. The topological polar surface area (TPSA) is 21.3 Å². The van der Waals surface area contributed by atoms with Gasteiger partial charge >= 0.3 is 0 Å². The number of hydrogen-bond acceptors (Lipinski definition) is 2. The van der Waals surface area contributed by atoms with E-state index in [-0.39, 0.29) is 18.0 Å². The molecule has 0 atom stereocenters.